The maximum atomic E-state index is 11.5. The zero-order valence-electron chi connectivity index (χ0n) is 11.1. The average Bonchev–Trinajstić information content (AvgIpc) is 2.28. The van der Waals surface area contributed by atoms with E-state index in [0.717, 1.165) is 11.3 Å². The van der Waals surface area contributed by atoms with Gasteiger partial charge in [0, 0.05) is 6.04 Å². The molecule has 4 heteroatoms. The summed E-state index contributed by atoms with van der Waals surface area (Å²) in [7, 11) is 1.63. The Hall–Kier alpha value is -1.55. The Morgan fingerprint density at radius 3 is 2.67 bits per heavy atom. The van der Waals surface area contributed by atoms with Crippen LogP contribution in [-0.2, 0) is 11.2 Å². The van der Waals surface area contributed by atoms with Gasteiger partial charge in [0.1, 0.15) is 5.75 Å². The van der Waals surface area contributed by atoms with Gasteiger partial charge in [-0.3, -0.25) is 4.79 Å². The number of ether oxygens (including phenoxy) is 1. The summed E-state index contributed by atoms with van der Waals surface area (Å²) >= 11 is 0. The predicted molar refractivity (Wildman–Crippen MR) is 70.6 cm³/mol. The Balaban J connectivity index is 2.54. The summed E-state index contributed by atoms with van der Waals surface area (Å²) in [6.07, 6.45) is 0.231. The first-order valence-electron chi connectivity index (χ1n) is 6.12. The summed E-state index contributed by atoms with van der Waals surface area (Å²) in [6.45, 7) is 3.54. The van der Waals surface area contributed by atoms with Crippen LogP contribution in [0.4, 0.5) is 0 Å². The number of para-hydroxylation sites is 1. The molecule has 0 aromatic heterocycles. The second-order valence-electron chi connectivity index (χ2n) is 4.54. The van der Waals surface area contributed by atoms with Gasteiger partial charge in [0.25, 0.3) is 0 Å². The molecule has 0 saturated heterocycles. The van der Waals surface area contributed by atoms with Gasteiger partial charge in [-0.25, -0.2) is 0 Å². The number of nitrogens with one attached hydrogen (secondary N) is 1. The Morgan fingerprint density at radius 2 is 2.06 bits per heavy atom. The van der Waals surface area contributed by atoms with Crippen molar-refractivity contribution in [1.82, 2.24) is 5.32 Å². The number of benzene rings is 1. The average molecular weight is 251 g/mol. The molecule has 0 aliphatic rings. The smallest absolute Gasteiger partial charge is 0.222 e. The van der Waals surface area contributed by atoms with Crippen LogP contribution >= 0.6 is 0 Å². The minimum Gasteiger partial charge on any atom is -0.496 e. The molecule has 0 bridgehead atoms. The topological polar surface area (TPSA) is 58.6 Å². The molecular weight excluding hydrogens is 230 g/mol. The van der Waals surface area contributed by atoms with E-state index in [-0.39, 0.29) is 18.4 Å². The van der Waals surface area contributed by atoms with Gasteiger partial charge >= 0.3 is 0 Å². The number of aliphatic hydroxyl groups is 1. The SMILES string of the molecule is COc1ccccc1CC(C)NC(=O)CC(C)O. The zero-order valence-corrected chi connectivity index (χ0v) is 11.1. The van der Waals surface area contributed by atoms with Crippen LogP contribution in [-0.4, -0.2) is 30.3 Å². The van der Waals surface area contributed by atoms with Crippen molar-refractivity contribution < 1.29 is 14.6 Å². The number of methoxy groups -OCH3 is 1. The van der Waals surface area contributed by atoms with Crippen LogP contribution in [0.2, 0.25) is 0 Å². The summed E-state index contributed by atoms with van der Waals surface area (Å²) < 4.78 is 5.26. The third-order valence-corrected chi connectivity index (χ3v) is 2.61. The van der Waals surface area contributed by atoms with Crippen molar-refractivity contribution in [3.05, 3.63) is 29.8 Å². The van der Waals surface area contributed by atoms with E-state index in [0.29, 0.717) is 6.42 Å². The molecule has 0 aliphatic heterocycles. The molecule has 1 aromatic rings. The van der Waals surface area contributed by atoms with Crippen LogP contribution < -0.4 is 10.1 Å². The highest BCUT2D eigenvalue weighted by Crippen LogP contribution is 2.18. The van der Waals surface area contributed by atoms with Gasteiger partial charge in [0.05, 0.1) is 19.6 Å². The minimum atomic E-state index is -0.608. The second-order valence-corrected chi connectivity index (χ2v) is 4.54. The highest BCUT2D eigenvalue weighted by atomic mass is 16.5. The first kappa shape index (κ1) is 14.5. The Labute approximate surface area is 108 Å². The summed E-state index contributed by atoms with van der Waals surface area (Å²) in [6, 6.07) is 7.75. The second kappa shape index (κ2) is 7.01. The van der Waals surface area contributed by atoms with E-state index in [4.69, 9.17) is 9.84 Å². The maximum absolute atomic E-state index is 11.5. The lowest BCUT2D eigenvalue weighted by molar-refractivity contribution is -0.123. The van der Waals surface area contributed by atoms with E-state index < -0.39 is 6.10 Å². The number of carbonyl (C=O) groups is 1. The molecule has 0 radical (unpaired) electrons. The lowest BCUT2D eigenvalue weighted by Gasteiger charge is -2.16. The van der Waals surface area contributed by atoms with Gasteiger partial charge in [0.15, 0.2) is 0 Å². The van der Waals surface area contributed by atoms with E-state index in [9.17, 15) is 4.79 Å². The molecule has 1 rings (SSSR count). The highest BCUT2D eigenvalue weighted by Gasteiger charge is 2.12. The van der Waals surface area contributed by atoms with Gasteiger partial charge in [0.2, 0.25) is 5.91 Å². The van der Waals surface area contributed by atoms with Crippen molar-refractivity contribution in [2.45, 2.75) is 38.8 Å². The molecule has 0 heterocycles. The molecule has 4 nitrogen and oxygen atoms in total. The van der Waals surface area contributed by atoms with E-state index in [2.05, 4.69) is 5.32 Å². The Bertz CT molecular complexity index is 390. The summed E-state index contributed by atoms with van der Waals surface area (Å²) in [5, 5.41) is 12.0. The highest BCUT2D eigenvalue weighted by molar-refractivity contribution is 5.76. The van der Waals surface area contributed by atoms with Crippen molar-refractivity contribution >= 4 is 5.91 Å². The number of aliphatic hydroxyl groups excluding tert-OH is 1. The number of carbonyl (C=O) groups excluding carboxylic acids is 1. The van der Waals surface area contributed by atoms with Crippen LogP contribution in [0.25, 0.3) is 0 Å². The van der Waals surface area contributed by atoms with Gasteiger partial charge < -0.3 is 15.2 Å². The lowest BCUT2D eigenvalue weighted by atomic mass is 10.1. The summed E-state index contributed by atoms with van der Waals surface area (Å²) in [5.41, 5.74) is 1.06. The molecule has 1 amide bonds. The first-order valence-corrected chi connectivity index (χ1v) is 6.12. The van der Waals surface area contributed by atoms with E-state index in [1.54, 1.807) is 14.0 Å². The fourth-order valence-corrected chi connectivity index (χ4v) is 1.85. The zero-order chi connectivity index (χ0) is 13.5. The first-order chi connectivity index (χ1) is 8.52. The van der Waals surface area contributed by atoms with Crippen molar-refractivity contribution in [3.8, 4) is 5.75 Å². The fraction of sp³-hybridized carbons (Fsp3) is 0.500. The standard InChI is InChI=1S/C14H21NO3/c1-10(15-14(17)9-11(2)16)8-12-6-4-5-7-13(12)18-3/h4-7,10-11,16H,8-9H2,1-3H3,(H,15,17). The molecule has 2 N–H and O–H groups in total. The lowest BCUT2D eigenvalue weighted by Crippen LogP contribution is -2.35. The third kappa shape index (κ3) is 4.75. The van der Waals surface area contributed by atoms with Crippen LogP contribution in [0.15, 0.2) is 24.3 Å². The van der Waals surface area contributed by atoms with Crippen molar-refractivity contribution in [1.29, 1.82) is 0 Å². The number of hydrogen-bond donors (Lipinski definition) is 2. The molecule has 0 spiro atoms. The molecule has 0 aliphatic carbocycles. The maximum Gasteiger partial charge on any atom is 0.222 e. The summed E-state index contributed by atoms with van der Waals surface area (Å²) in [4.78, 5) is 11.5. The van der Waals surface area contributed by atoms with Crippen molar-refractivity contribution in [3.63, 3.8) is 0 Å². The van der Waals surface area contributed by atoms with Gasteiger partial charge in [-0.15, -0.1) is 0 Å². The monoisotopic (exact) mass is 251 g/mol. The van der Waals surface area contributed by atoms with E-state index in [1.807, 2.05) is 31.2 Å². The van der Waals surface area contributed by atoms with Gasteiger partial charge in [-0.2, -0.15) is 0 Å². The quantitative estimate of drug-likeness (QED) is 0.805. The summed E-state index contributed by atoms with van der Waals surface area (Å²) in [5.74, 6) is 0.696. The molecule has 2 unspecified atom stereocenters. The molecule has 2 atom stereocenters. The van der Waals surface area contributed by atoms with Crippen molar-refractivity contribution in [2.24, 2.45) is 0 Å². The molecule has 18 heavy (non-hydrogen) atoms. The molecular formula is C14H21NO3. The normalized spacial score (nSPS) is 13.8. The van der Waals surface area contributed by atoms with Crippen molar-refractivity contribution in [2.75, 3.05) is 7.11 Å². The number of amides is 1. The Morgan fingerprint density at radius 1 is 1.39 bits per heavy atom. The third-order valence-electron chi connectivity index (χ3n) is 2.61. The molecule has 1 aromatic carbocycles. The fourth-order valence-electron chi connectivity index (χ4n) is 1.85. The number of rotatable bonds is 6. The molecule has 0 fully saturated rings. The van der Waals surface area contributed by atoms with Crippen LogP contribution in [0, 0.1) is 0 Å². The molecule has 0 saturated carbocycles. The van der Waals surface area contributed by atoms with Crippen LogP contribution in [0.3, 0.4) is 0 Å². The Kier molecular flexibility index (Phi) is 5.65. The van der Waals surface area contributed by atoms with Gasteiger partial charge in [-0.05, 0) is 31.9 Å². The van der Waals surface area contributed by atoms with E-state index in [1.165, 1.54) is 0 Å². The largest absolute Gasteiger partial charge is 0.496 e. The molecule has 100 valence electrons. The minimum absolute atomic E-state index is 0.00699. The van der Waals surface area contributed by atoms with Crippen LogP contribution in [0.1, 0.15) is 25.8 Å². The van der Waals surface area contributed by atoms with Crippen LogP contribution in [0.5, 0.6) is 5.75 Å². The number of hydrogen-bond acceptors (Lipinski definition) is 3. The van der Waals surface area contributed by atoms with E-state index >= 15 is 0 Å². The predicted octanol–water partition coefficient (Wildman–Crippen LogP) is 1.51. The van der Waals surface area contributed by atoms with Gasteiger partial charge in [-0.1, -0.05) is 18.2 Å².